The molecule has 0 saturated carbocycles. The maximum atomic E-state index is 13.3. The molecule has 1 aliphatic rings. The first-order valence-corrected chi connectivity index (χ1v) is 7.54. The van der Waals surface area contributed by atoms with Crippen LogP contribution in [0.25, 0.3) is 0 Å². The number of hydrogen-bond acceptors (Lipinski definition) is 2. The van der Waals surface area contributed by atoms with Crippen LogP contribution < -0.4 is 9.64 Å². The van der Waals surface area contributed by atoms with Gasteiger partial charge in [0.25, 0.3) is 0 Å². The molecule has 1 saturated heterocycles. The zero-order chi connectivity index (χ0) is 14.2. The van der Waals surface area contributed by atoms with Gasteiger partial charge < -0.3 is 14.4 Å². The number of ether oxygens (including phenoxy) is 2. The Morgan fingerprint density at radius 1 is 1.25 bits per heavy atom. The molecule has 4 heteroatoms. The molecule has 2 rings (SSSR count). The number of hydrogen-bond donors (Lipinski definition) is 1. The van der Waals surface area contributed by atoms with Crippen molar-refractivity contribution in [3.05, 3.63) is 30.1 Å². The van der Waals surface area contributed by atoms with Crippen LogP contribution in [0.5, 0.6) is 5.75 Å². The molecule has 1 unspecified atom stereocenters. The predicted molar refractivity (Wildman–Crippen MR) is 76.7 cm³/mol. The first kappa shape index (κ1) is 15.3. The second-order valence-corrected chi connectivity index (χ2v) is 5.59. The lowest BCUT2D eigenvalue weighted by Crippen LogP contribution is -3.14. The molecule has 0 aromatic heterocycles. The SMILES string of the molecule is C[C@H]1CCC[NH+](CCOCCOc2ccccc2F)C1. The minimum absolute atomic E-state index is 0.298. The lowest BCUT2D eigenvalue weighted by atomic mass is 10.0. The Morgan fingerprint density at radius 3 is 2.90 bits per heavy atom. The summed E-state index contributed by atoms with van der Waals surface area (Å²) in [6.45, 7) is 7.56. The number of para-hydroxylation sites is 1. The highest BCUT2D eigenvalue weighted by atomic mass is 19.1. The molecule has 1 heterocycles. The summed E-state index contributed by atoms with van der Waals surface area (Å²) in [6, 6.07) is 6.45. The van der Waals surface area contributed by atoms with Crippen molar-refractivity contribution < 1.29 is 18.8 Å². The Hall–Kier alpha value is -1.13. The maximum absolute atomic E-state index is 13.3. The Morgan fingerprint density at radius 2 is 2.10 bits per heavy atom. The first-order chi connectivity index (χ1) is 9.75. The van der Waals surface area contributed by atoms with Gasteiger partial charge in [-0.1, -0.05) is 19.1 Å². The van der Waals surface area contributed by atoms with Crippen molar-refractivity contribution in [1.29, 1.82) is 0 Å². The Bertz CT molecular complexity index is 400. The molecular formula is C16H25FNO2+. The number of likely N-dealkylation sites (tertiary alicyclic amines) is 1. The fourth-order valence-electron chi connectivity index (χ4n) is 2.72. The topological polar surface area (TPSA) is 22.9 Å². The molecular weight excluding hydrogens is 257 g/mol. The summed E-state index contributed by atoms with van der Waals surface area (Å²) in [7, 11) is 0. The van der Waals surface area contributed by atoms with Crippen LogP contribution in [-0.2, 0) is 4.74 Å². The van der Waals surface area contributed by atoms with Gasteiger partial charge in [-0.3, -0.25) is 0 Å². The summed E-state index contributed by atoms with van der Waals surface area (Å²) in [6.07, 6.45) is 2.69. The van der Waals surface area contributed by atoms with Crippen LogP contribution in [0.4, 0.5) is 4.39 Å². The fraction of sp³-hybridized carbons (Fsp3) is 0.625. The van der Waals surface area contributed by atoms with E-state index in [0.717, 1.165) is 19.1 Å². The smallest absolute Gasteiger partial charge is 0.165 e. The molecule has 20 heavy (non-hydrogen) atoms. The largest absolute Gasteiger partial charge is 0.488 e. The minimum Gasteiger partial charge on any atom is -0.488 e. The average molecular weight is 282 g/mol. The van der Waals surface area contributed by atoms with Gasteiger partial charge >= 0.3 is 0 Å². The van der Waals surface area contributed by atoms with E-state index in [1.54, 1.807) is 23.1 Å². The molecule has 0 radical (unpaired) electrons. The average Bonchev–Trinajstić information content (AvgIpc) is 2.44. The summed E-state index contributed by atoms with van der Waals surface area (Å²) in [5.74, 6) is 0.814. The van der Waals surface area contributed by atoms with E-state index < -0.39 is 0 Å². The van der Waals surface area contributed by atoms with Gasteiger partial charge in [0.05, 0.1) is 26.3 Å². The number of halogens is 1. The van der Waals surface area contributed by atoms with Gasteiger partial charge in [-0.15, -0.1) is 0 Å². The number of benzene rings is 1. The summed E-state index contributed by atoms with van der Waals surface area (Å²) in [5.41, 5.74) is 0. The van der Waals surface area contributed by atoms with Gasteiger partial charge in [0.1, 0.15) is 13.2 Å². The number of quaternary nitrogens is 1. The molecule has 1 aliphatic heterocycles. The zero-order valence-corrected chi connectivity index (χ0v) is 12.2. The fourth-order valence-corrected chi connectivity index (χ4v) is 2.72. The normalized spacial score (nSPS) is 22.7. The highest BCUT2D eigenvalue weighted by Gasteiger charge is 2.18. The Kier molecular flexibility index (Phi) is 6.27. The van der Waals surface area contributed by atoms with Gasteiger partial charge in [-0.2, -0.15) is 0 Å². The van der Waals surface area contributed by atoms with Crippen LogP contribution in [0.15, 0.2) is 24.3 Å². The standard InChI is InChI=1S/C16H24FNO2/c1-14-5-4-8-18(13-14)9-10-19-11-12-20-16-7-3-2-6-15(16)17/h2-3,6-7,14H,4-5,8-13H2,1H3/p+1/t14-/m0/s1. The van der Waals surface area contributed by atoms with Gasteiger partial charge in [-0.25, -0.2) is 4.39 Å². The van der Waals surface area contributed by atoms with Gasteiger partial charge in [0.2, 0.25) is 0 Å². The molecule has 0 spiro atoms. The third-order valence-electron chi connectivity index (χ3n) is 3.79. The highest BCUT2D eigenvalue weighted by Crippen LogP contribution is 2.14. The molecule has 0 aliphatic carbocycles. The minimum atomic E-state index is -0.320. The summed E-state index contributed by atoms with van der Waals surface area (Å²) in [5, 5.41) is 0. The van der Waals surface area contributed by atoms with E-state index in [0.29, 0.717) is 19.0 Å². The van der Waals surface area contributed by atoms with Crippen LogP contribution in [-0.4, -0.2) is 39.5 Å². The van der Waals surface area contributed by atoms with Crippen molar-refractivity contribution in [2.75, 3.05) is 39.5 Å². The Labute approximate surface area is 120 Å². The third kappa shape index (κ3) is 5.10. The third-order valence-corrected chi connectivity index (χ3v) is 3.79. The first-order valence-electron chi connectivity index (χ1n) is 7.54. The van der Waals surface area contributed by atoms with E-state index in [-0.39, 0.29) is 5.82 Å². The summed E-state index contributed by atoms with van der Waals surface area (Å²) >= 11 is 0. The highest BCUT2D eigenvalue weighted by molar-refractivity contribution is 5.23. The van der Waals surface area contributed by atoms with E-state index in [2.05, 4.69) is 6.92 Å². The quantitative estimate of drug-likeness (QED) is 0.767. The van der Waals surface area contributed by atoms with E-state index in [1.165, 1.54) is 32.0 Å². The van der Waals surface area contributed by atoms with Crippen LogP contribution in [0.2, 0.25) is 0 Å². The second-order valence-electron chi connectivity index (χ2n) is 5.59. The second kappa shape index (κ2) is 8.22. The van der Waals surface area contributed by atoms with Crippen LogP contribution in [0.1, 0.15) is 19.8 Å². The van der Waals surface area contributed by atoms with Crippen molar-refractivity contribution in [3.63, 3.8) is 0 Å². The van der Waals surface area contributed by atoms with Crippen molar-refractivity contribution in [2.45, 2.75) is 19.8 Å². The molecule has 1 N–H and O–H groups in total. The van der Waals surface area contributed by atoms with E-state index in [9.17, 15) is 4.39 Å². The monoisotopic (exact) mass is 282 g/mol. The van der Waals surface area contributed by atoms with Gasteiger partial charge in [0, 0.05) is 5.92 Å². The van der Waals surface area contributed by atoms with E-state index in [4.69, 9.17) is 9.47 Å². The number of rotatable bonds is 7. The Balaban J connectivity index is 1.53. The molecule has 1 aromatic carbocycles. The van der Waals surface area contributed by atoms with Crippen molar-refractivity contribution in [2.24, 2.45) is 5.92 Å². The lowest BCUT2D eigenvalue weighted by molar-refractivity contribution is -0.908. The zero-order valence-electron chi connectivity index (χ0n) is 12.2. The molecule has 3 nitrogen and oxygen atoms in total. The lowest BCUT2D eigenvalue weighted by Gasteiger charge is -2.27. The maximum Gasteiger partial charge on any atom is 0.165 e. The van der Waals surface area contributed by atoms with Crippen LogP contribution in [0.3, 0.4) is 0 Å². The molecule has 2 atom stereocenters. The molecule has 0 bridgehead atoms. The van der Waals surface area contributed by atoms with Gasteiger partial charge in [0.15, 0.2) is 11.6 Å². The van der Waals surface area contributed by atoms with Crippen LogP contribution >= 0.6 is 0 Å². The summed E-state index contributed by atoms with van der Waals surface area (Å²) in [4.78, 5) is 1.64. The summed E-state index contributed by atoms with van der Waals surface area (Å²) < 4.78 is 24.2. The number of nitrogens with one attached hydrogen (secondary N) is 1. The molecule has 1 fully saturated rings. The van der Waals surface area contributed by atoms with E-state index >= 15 is 0 Å². The number of piperidine rings is 1. The van der Waals surface area contributed by atoms with E-state index in [1.807, 2.05) is 0 Å². The van der Waals surface area contributed by atoms with Gasteiger partial charge in [-0.05, 0) is 25.0 Å². The van der Waals surface area contributed by atoms with Crippen molar-refractivity contribution in [1.82, 2.24) is 0 Å². The molecule has 1 aromatic rings. The van der Waals surface area contributed by atoms with Crippen LogP contribution in [0, 0.1) is 11.7 Å². The van der Waals surface area contributed by atoms with Crippen molar-refractivity contribution >= 4 is 0 Å². The molecule has 112 valence electrons. The predicted octanol–water partition coefficient (Wildman–Crippen LogP) is 1.54. The molecule has 0 amide bonds. The van der Waals surface area contributed by atoms with Crippen molar-refractivity contribution in [3.8, 4) is 5.75 Å².